The monoisotopic (exact) mass is 410 g/mol. The smallest absolute Gasteiger partial charge is 0.224 e. The Balaban J connectivity index is 1.22. The van der Waals surface area contributed by atoms with Gasteiger partial charge in [-0.3, -0.25) is 9.69 Å². The number of halogens is 1. The summed E-state index contributed by atoms with van der Waals surface area (Å²) in [5, 5.41) is 5.01. The predicted octanol–water partition coefficient (Wildman–Crippen LogP) is 3.31. The van der Waals surface area contributed by atoms with E-state index in [1.165, 1.54) is 5.69 Å². The molecule has 6 heteroatoms. The first-order valence-corrected chi connectivity index (χ1v) is 10.5. The number of benzene rings is 2. The SMILES string of the molecule is Cn1cc(CC(=O)NCCN2CCN(c3cccc(Cl)c3)CC2)c2ccccc21. The normalized spacial score (nSPS) is 15.0. The van der Waals surface area contributed by atoms with Crippen LogP contribution in [0.1, 0.15) is 5.56 Å². The van der Waals surface area contributed by atoms with E-state index in [2.05, 4.69) is 44.1 Å². The summed E-state index contributed by atoms with van der Waals surface area (Å²) in [5.41, 5.74) is 3.42. The number of nitrogens with one attached hydrogen (secondary N) is 1. The molecule has 0 spiro atoms. The predicted molar refractivity (Wildman–Crippen MR) is 120 cm³/mol. The van der Waals surface area contributed by atoms with Crippen LogP contribution >= 0.6 is 11.6 Å². The minimum atomic E-state index is 0.0823. The number of carbonyl (C=O) groups is 1. The van der Waals surface area contributed by atoms with Gasteiger partial charge in [-0.1, -0.05) is 35.9 Å². The molecule has 0 aliphatic carbocycles. The van der Waals surface area contributed by atoms with Gasteiger partial charge in [0, 0.05) is 74.1 Å². The Morgan fingerprint density at radius 1 is 1.07 bits per heavy atom. The van der Waals surface area contributed by atoms with Gasteiger partial charge in [0.1, 0.15) is 0 Å². The van der Waals surface area contributed by atoms with Crippen LogP contribution in [0.3, 0.4) is 0 Å². The van der Waals surface area contributed by atoms with Crippen LogP contribution < -0.4 is 10.2 Å². The zero-order chi connectivity index (χ0) is 20.2. The molecule has 3 aromatic rings. The highest BCUT2D eigenvalue weighted by Gasteiger charge is 2.17. The molecule has 2 aromatic carbocycles. The van der Waals surface area contributed by atoms with Crippen molar-refractivity contribution in [2.24, 2.45) is 7.05 Å². The first-order valence-electron chi connectivity index (χ1n) is 10.1. The third-order valence-electron chi connectivity index (χ3n) is 5.63. The summed E-state index contributed by atoms with van der Waals surface area (Å²) in [4.78, 5) is 17.2. The van der Waals surface area contributed by atoms with E-state index in [4.69, 9.17) is 11.6 Å². The number of carbonyl (C=O) groups excluding carboxylic acids is 1. The van der Waals surface area contributed by atoms with Crippen LogP contribution in [0.2, 0.25) is 5.02 Å². The number of rotatable bonds is 6. The van der Waals surface area contributed by atoms with Gasteiger partial charge in [-0.2, -0.15) is 0 Å². The van der Waals surface area contributed by atoms with Crippen LogP contribution in [0.25, 0.3) is 10.9 Å². The molecule has 0 saturated carbocycles. The molecule has 1 saturated heterocycles. The fourth-order valence-electron chi connectivity index (χ4n) is 4.06. The number of hydrogen-bond donors (Lipinski definition) is 1. The largest absolute Gasteiger partial charge is 0.369 e. The Morgan fingerprint density at radius 2 is 1.86 bits per heavy atom. The first-order chi connectivity index (χ1) is 14.1. The lowest BCUT2D eigenvalue weighted by atomic mass is 10.1. The van der Waals surface area contributed by atoms with Crippen molar-refractivity contribution >= 4 is 34.1 Å². The van der Waals surface area contributed by atoms with Crippen molar-refractivity contribution in [1.29, 1.82) is 0 Å². The third kappa shape index (κ3) is 4.74. The molecular weight excluding hydrogens is 384 g/mol. The van der Waals surface area contributed by atoms with Crippen molar-refractivity contribution in [3.63, 3.8) is 0 Å². The molecule has 2 heterocycles. The summed E-state index contributed by atoms with van der Waals surface area (Å²) >= 11 is 6.10. The minimum Gasteiger partial charge on any atom is -0.369 e. The zero-order valence-electron chi connectivity index (χ0n) is 16.8. The van der Waals surface area contributed by atoms with Crippen LogP contribution in [-0.2, 0) is 18.3 Å². The molecule has 1 N–H and O–H groups in total. The fourth-order valence-corrected chi connectivity index (χ4v) is 4.24. The summed E-state index contributed by atoms with van der Waals surface area (Å²) in [6.45, 7) is 5.50. The van der Waals surface area contributed by atoms with E-state index in [1.807, 2.05) is 37.4 Å². The quantitative estimate of drug-likeness (QED) is 0.677. The summed E-state index contributed by atoms with van der Waals surface area (Å²) in [5.74, 6) is 0.0823. The Labute approximate surface area is 176 Å². The van der Waals surface area contributed by atoms with Gasteiger partial charge in [0.25, 0.3) is 0 Å². The molecule has 1 aromatic heterocycles. The molecular formula is C23H27ClN4O. The average Bonchev–Trinajstić information content (AvgIpc) is 3.04. The summed E-state index contributed by atoms with van der Waals surface area (Å²) < 4.78 is 2.08. The third-order valence-corrected chi connectivity index (χ3v) is 5.86. The van der Waals surface area contributed by atoms with Gasteiger partial charge in [0.2, 0.25) is 5.91 Å². The highest BCUT2D eigenvalue weighted by Crippen LogP contribution is 2.21. The second kappa shape index (κ2) is 8.89. The maximum Gasteiger partial charge on any atom is 0.224 e. The molecule has 1 fully saturated rings. The lowest BCUT2D eigenvalue weighted by Gasteiger charge is -2.36. The molecule has 4 rings (SSSR count). The molecule has 0 bridgehead atoms. The summed E-state index contributed by atoms with van der Waals surface area (Å²) in [7, 11) is 2.02. The maximum atomic E-state index is 12.4. The van der Waals surface area contributed by atoms with Crippen LogP contribution in [0.4, 0.5) is 5.69 Å². The minimum absolute atomic E-state index is 0.0823. The van der Waals surface area contributed by atoms with Gasteiger partial charge >= 0.3 is 0 Å². The van der Waals surface area contributed by atoms with E-state index >= 15 is 0 Å². The lowest BCUT2D eigenvalue weighted by molar-refractivity contribution is -0.120. The van der Waals surface area contributed by atoms with Crippen LogP contribution in [0.15, 0.2) is 54.7 Å². The standard InChI is InChI=1S/C23H27ClN4O/c1-26-17-18(21-7-2-3-8-22(21)26)15-23(29)25-9-10-27-11-13-28(14-12-27)20-6-4-5-19(24)16-20/h2-8,16-17H,9-15H2,1H3,(H,25,29). The fraction of sp³-hybridized carbons (Fsp3) is 0.348. The maximum absolute atomic E-state index is 12.4. The van der Waals surface area contributed by atoms with Crippen molar-refractivity contribution in [3.05, 3.63) is 65.3 Å². The molecule has 29 heavy (non-hydrogen) atoms. The summed E-state index contributed by atoms with van der Waals surface area (Å²) in [6, 6.07) is 16.2. The number of para-hydroxylation sites is 1. The molecule has 5 nitrogen and oxygen atoms in total. The number of hydrogen-bond acceptors (Lipinski definition) is 3. The van der Waals surface area contributed by atoms with E-state index in [-0.39, 0.29) is 5.91 Å². The molecule has 0 atom stereocenters. The van der Waals surface area contributed by atoms with Gasteiger partial charge in [-0.05, 0) is 29.8 Å². The Kier molecular flexibility index (Phi) is 6.07. The molecule has 152 valence electrons. The number of anilines is 1. The molecule has 1 amide bonds. The van der Waals surface area contributed by atoms with E-state index in [0.29, 0.717) is 13.0 Å². The van der Waals surface area contributed by atoms with E-state index in [1.54, 1.807) is 0 Å². The van der Waals surface area contributed by atoms with Gasteiger partial charge in [0.05, 0.1) is 6.42 Å². The van der Waals surface area contributed by atoms with Crippen LogP contribution in [0.5, 0.6) is 0 Å². The van der Waals surface area contributed by atoms with Crippen molar-refractivity contribution in [2.75, 3.05) is 44.2 Å². The molecule has 1 aliphatic heterocycles. The van der Waals surface area contributed by atoms with Gasteiger partial charge in [0.15, 0.2) is 0 Å². The lowest BCUT2D eigenvalue weighted by Crippen LogP contribution is -2.48. The topological polar surface area (TPSA) is 40.5 Å². The average molecular weight is 411 g/mol. The number of amides is 1. The Bertz CT molecular complexity index is 991. The second-order valence-electron chi connectivity index (χ2n) is 7.62. The first kappa shape index (κ1) is 19.8. The number of fused-ring (bicyclic) bond motifs is 1. The molecule has 0 radical (unpaired) electrons. The van der Waals surface area contributed by atoms with E-state index in [9.17, 15) is 4.79 Å². The molecule has 1 aliphatic rings. The van der Waals surface area contributed by atoms with Gasteiger partial charge in [-0.25, -0.2) is 0 Å². The highest BCUT2D eigenvalue weighted by atomic mass is 35.5. The van der Waals surface area contributed by atoms with Crippen molar-refractivity contribution in [1.82, 2.24) is 14.8 Å². The summed E-state index contributed by atoms with van der Waals surface area (Å²) in [6.07, 6.45) is 2.48. The van der Waals surface area contributed by atoms with Crippen LogP contribution in [0, 0.1) is 0 Å². The number of aryl methyl sites for hydroxylation is 1. The highest BCUT2D eigenvalue weighted by molar-refractivity contribution is 6.30. The number of piperazine rings is 1. The van der Waals surface area contributed by atoms with Crippen molar-refractivity contribution in [3.8, 4) is 0 Å². The van der Waals surface area contributed by atoms with Gasteiger partial charge < -0.3 is 14.8 Å². The van der Waals surface area contributed by atoms with Crippen molar-refractivity contribution < 1.29 is 4.79 Å². The Hall–Kier alpha value is -2.50. The van der Waals surface area contributed by atoms with Crippen LogP contribution in [-0.4, -0.2) is 54.6 Å². The number of aromatic nitrogens is 1. The molecule has 0 unspecified atom stereocenters. The van der Waals surface area contributed by atoms with Crippen molar-refractivity contribution in [2.45, 2.75) is 6.42 Å². The Morgan fingerprint density at radius 3 is 2.66 bits per heavy atom. The van der Waals surface area contributed by atoms with Gasteiger partial charge in [-0.15, -0.1) is 0 Å². The van der Waals surface area contributed by atoms with E-state index in [0.717, 1.165) is 54.2 Å². The second-order valence-corrected chi connectivity index (χ2v) is 8.05. The number of nitrogens with zero attached hydrogens (tertiary/aromatic N) is 3. The van der Waals surface area contributed by atoms with E-state index < -0.39 is 0 Å². The zero-order valence-corrected chi connectivity index (χ0v) is 17.5.